The van der Waals surface area contributed by atoms with Gasteiger partial charge in [0.1, 0.15) is 18.9 Å². The predicted molar refractivity (Wildman–Crippen MR) is 83.7 cm³/mol. The van der Waals surface area contributed by atoms with Crippen LogP contribution in [0.5, 0.6) is 0 Å². The van der Waals surface area contributed by atoms with Crippen molar-refractivity contribution >= 4 is 17.5 Å². The monoisotopic (exact) mass is 357 g/mol. The maximum absolute atomic E-state index is 12.0. The zero-order chi connectivity index (χ0) is 18.5. The fraction of sp³-hybridized carbons (Fsp3) is 0.0714. The molecule has 3 aromatic rings. The zero-order valence-corrected chi connectivity index (χ0v) is 13.0. The van der Waals surface area contributed by atoms with Crippen LogP contribution in [-0.4, -0.2) is 36.7 Å². The van der Waals surface area contributed by atoms with Gasteiger partial charge in [-0.15, -0.1) is 0 Å². The number of carbonyl (C=O) groups excluding carboxylic acids is 2. The number of amides is 2. The number of nitro groups is 1. The van der Waals surface area contributed by atoms with Gasteiger partial charge >= 0.3 is 5.69 Å². The van der Waals surface area contributed by atoms with Crippen LogP contribution in [0.25, 0.3) is 0 Å². The second kappa shape index (κ2) is 7.21. The molecule has 0 aliphatic heterocycles. The van der Waals surface area contributed by atoms with Gasteiger partial charge in [-0.2, -0.15) is 5.10 Å². The summed E-state index contributed by atoms with van der Waals surface area (Å²) in [6.45, 7) is 0.0531. The first kappa shape index (κ1) is 16.8. The fourth-order valence-electron chi connectivity index (χ4n) is 1.94. The van der Waals surface area contributed by atoms with Gasteiger partial charge in [-0.25, -0.2) is 0 Å². The Morgan fingerprint density at radius 3 is 2.65 bits per heavy atom. The summed E-state index contributed by atoms with van der Waals surface area (Å²) in [6.07, 6.45) is 5.20. The van der Waals surface area contributed by atoms with Crippen molar-refractivity contribution in [1.29, 1.82) is 0 Å². The summed E-state index contributed by atoms with van der Waals surface area (Å²) in [5, 5.41) is 18.0. The molecule has 132 valence electrons. The summed E-state index contributed by atoms with van der Waals surface area (Å²) in [6, 6.07) is 4.30. The van der Waals surface area contributed by atoms with Gasteiger partial charge in [0.15, 0.2) is 11.5 Å². The van der Waals surface area contributed by atoms with Gasteiger partial charge in [0.05, 0.1) is 4.92 Å². The fourth-order valence-corrected chi connectivity index (χ4v) is 1.94. The summed E-state index contributed by atoms with van der Waals surface area (Å²) in [4.78, 5) is 37.6. The molecule has 12 heteroatoms. The number of hydrogen-bond acceptors (Lipinski definition) is 8. The number of hydrazine groups is 1. The molecule has 3 heterocycles. The number of rotatable bonds is 5. The number of pyridine rings is 1. The molecule has 0 radical (unpaired) electrons. The summed E-state index contributed by atoms with van der Waals surface area (Å²) < 4.78 is 6.26. The summed E-state index contributed by atoms with van der Waals surface area (Å²) >= 11 is 0. The molecule has 3 rings (SSSR count). The van der Waals surface area contributed by atoms with Crippen molar-refractivity contribution in [2.45, 2.75) is 6.54 Å². The molecule has 26 heavy (non-hydrogen) atoms. The topological polar surface area (TPSA) is 158 Å². The maximum atomic E-state index is 12.0. The third-order valence-corrected chi connectivity index (χ3v) is 3.17. The molecule has 0 atom stereocenters. The molecule has 2 amide bonds. The quantitative estimate of drug-likeness (QED) is 0.487. The Morgan fingerprint density at radius 2 is 1.96 bits per heavy atom. The van der Waals surface area contributed by atoms with Gasteiger partial charge < -0.3 is 4.52 Å². The van der Waals surface area contributed by atoms with Crippen molar-refractivity contribution in [3.63, 3.8) is 0 Å². The lowest BCUT2D eigenvalue weighted by molar-refractivity contribution is -0.385. The highest BCUT2D eigenvalue weighted by atomic mass is 16.6. The van der Waals surface area contributed by atoms with E-state index >= 15 is 0 Å². The SMILES string of the molecule is O=C(NNC(=O)c1cc(Cn2cc([N+](=O)[O-])cn2)on1)c1ccncc1. The zero-order valence-electron chi connectivity index (χ0n) is 13.0. The van der Waals surface area contributed by atoms with Crippen LogP contribution >= 0.6 is 0 Å². The van der Waals surface area contributed by atoms with Crippen LogP contribution in [0.15, 0.2) is 47.5 Å². The lowest BCUT2D eigenvalue weighted by Gasteiger charge is -2.04. The number of nitrogens with one attached hydrogen (secondary N) is 2. The van der Waals surface area contributed by atoms with Gasteiger partial charge in [-0.1, -0.05) is 5.16 Å². The molecule has 0 aliphatic carbocycles. The molecular formula is C14H11N7O5. The Bertz CT molecular complexity index is 950. The minimum absolute atomic E-state index is 0.0531. The lowest BCUT2D eigenvalue weighted by Crippen LogP contribution is -2.41. The molecule has 0 fully saturated rings. The third kappa shape index (κ3) is 3.87. The summed E-state index contributed by atoms with van der Waals surface area (Å²) in [5.74, 6) is -0.948. The molecule has 0 saturated carbocycles. The van der Waals surface area contributed by atoms with E-state index < -0.39 is 16.7 Å². The Kier molecular flexibility index (Phi) is 4.65. The second-order valence-electron chi connectivity index (χ2n) is 4.98. The molecule has 0 bridgehead atoms. The molecule has 0 aromatic carbocycles. The number of aromatic nitrogens is 4. The van der Waals surface area contributed by atoms with Crippen molar-refractivity contribution < 1.29 is 19.0 Å². The minimum Gasteiger partial charge on any atom is -0.359 e. The molecule has 0 spiro atoms. The van der Waals surface area contributed by atoms with Gasteiger partial charge in [0.25, 0.3) is 11.8 Å². The summed E-state index contributed by atoms with van der Waals surface area (Å²) in [5.41, 5.74) is 4.51. The first-order valence-electron chi connectivity index (χ1n) is 7.16. The van der Waals surface area contributed by atoms with E-state index in [2.05, 4.69) is 26.1 Å². The lowest BCUT2D eigenvalue weighted by atomic mass is 10.2. The third-order valence-electron chi connectivity index (χ3n) is 3.17. The maximum Gasteiger partial charge on any atom is 0.307 e. The van der Waals surface area contributed by atoms with Crippen LogP contribution in [-0.2, 0) is 6.54 Å². The van der Waals surface area contributed by atoms with E-state index in [4.69, 9.17) is 4.52 Å². The molecule has 0 saturated heterocycles. The van der Waals surface area contributed by atoms with Crippen LogP contribution in [0, 0.1) is 10.1 Å². The van der Waals surface area contributed by atoms with E-state index in [1.54, 1.807) is 0 Å². The van der Waals surface area contributed by atoms with Crippen molar-refractivity contribution in [3.05, 3.63) is 70.1 Å². The second-order valence-corrected chi connectivity index (χ2v) is 4.98. The van der Waals surface area contributed by atoms with Crippen LogP contribution in [0.3, 0.4) is 0 Å². The van der Waals surface area contributed by atoms with Gasteiger partial charge in [0, 0.05) is 24.0 Å². The first-order chi connectivity index (χ1) is 12.5. The van der Waals surface area contributed by atoms with E-state index in [9.17, 15) is 19.7 Å². The highest BCUT2D eigenvalue weighted by Crippen LogP contribution is 2.11. The van der Waals surface area contributed by atoms with Crippen LogP contribution in [0.4, 0.5) is 5.69 Å². The molecular weight excluding hydrogens is 346 g/mol. The average molecular weight is 357 g/mol. The highest BCUT2D eigenvalue weighted by molar-refractivity contribution is 5.98. The van der Waals surface area contributed by atoms with E-state index in [0.717, 1.165) is 6.20 Å². The highest BCUT2D eigenvalue weighted by Gasteiger charge is 2.15. The van der Waals surface area contributed by atoms with Crippen molar-refractivity contribution in [2.75, 3.05) is 0 Å². The first-order valence-corrected chi connectivity index (χ1v) is 7.16. The molecule has 12 nitrogen and oxygen atoms in total. The van der Waals surface area contributed by atoms with Crippen LogP contribution < -0.4 is 10.9 Å². The van der Waals surface area contributed by atoms with Gasteiger partial charge in [-0.3, -0.25) is 40.2 Å². The summed E-state index contributed by atoms with van der Waals surface area (Å²) in [7, 11) is 0. The van der Waals surface area contributed by atoms with Crippen molar-refractivity contribution in [3.8, 4) is 0 Å². The number of carbonyl (C=O) groups is 2. The van der Waals surface area contributed by atoms with E-state index in [0.29, 0.717) is 5.56 Å². The van der Waals surface area contributed by atoms with E-state index in [1.807, 2.05) is 0 Å². The van der Waals surface area contributed by atoms with Crippen molar-refractivity contribution in [2.24, 2.45) is 0 Å². The Hall–Kier alpha value is -4.09. The van der Waals surface area contributed by atoms with E-state index in [-0.39, 0.29) is 23.7 Å². The van der Waals surface area contributed by atoms with Gasteiger partial charge in [-0.05, 0) is 12.1 Å². The van der Waals surface area contributed by atoms with Crippen molar-refractivity contribution in [1.82, 2.24) is 30.8 Å². The minimum atomic E-state index is -0.686. The standard InChI is InChI=1S/C14H11N7O5/c22-13(9-1-3-15-4-2-9)17-18-14(23)12-5-11(26-19-12)8-20-7-10(6-16-20)21(24)25/h1-7H,8H2,(H,17,22)(H,18,23). The van der Waals surface area contributed by atoms with E-state index in [1.165, 1.54) is 41.5 Å². The molecule has 3 aromatic heterocycles. The Balaban J connectivity index is 1.57. The Labute approximate surface area is 144 Å². The van der Waals surface area contributed by atoms with Gasteiger partial charge in [0.2, 0.25) is 0 Å². The smallest absolute Gasteiger partial charge is 0.307 e. The largest absolute Gasteiger partial charge is 0.359 e. The molecule has 0 unspecified atom stereocenters. The predicted octanol–water partition coefficient (Wildman–Crippen LogP) is 0.297. The normalized spacial score (nSPS) is 10.3. The molecule has 0 aliphatic rings. The average Bonchev–Trinajstić information content (AvgIpc) is 3.30. The van der Waals surface area contributed by atoms with Crippen LogP contribution in [0.2, 0.25) is 0 Å². The Morgan fingerprint density at radius 1 is 1.23 bits per heavy atom. The number of hydrogen-bond donors (Lipinski definition) is 2. The number of nitrogens with zero attached hydrogens (tertiary/aromatic N) is 5. The molecule has 2 N–H and O–H groups in total. The van der Waals surface area contributed by atoms with Crippen LogP contribution in [0.1, 0.15) is 26.6 Å².